The average Bonchev–Trinajstić information content (AvgIpc) is 2.95. The monoisotopic (exact) mass is 234 g/mol. The maximum atomic E-state index is 4.22. The average molecular weight is 234 g/mol. The molecule has 0 radical (unpaired) electrons. The van der Waals surface area contributed by atoms with Crippen molar-refractivity contribution in [1.82, 2.24) is 9.78 Å². The Morgan fingerprint density at radius 3 is 2.17 bits per heavy atom. The maximum absolute atomic E-state index is 4.22. The summed E-state index contributed by atoms with van der Waals surface area (Å²) in [7, 11) is 0. The van der Waals surface area contributed by atoms with Crippen LogP contribution in [0.25, 0.3) is 5.69 Å². The Morgan fingerprint density at radius 1 is 0.778 bits per heavy atom. The van der Waals surface area contributed by atoms with E-state index < -0.39 is 0 Å². The van der Waals surface area contributed by atoms with Gasteiger partial charge < -0.3 is 0 Å². The standard InChI is InChI=1S/C16H14N2/c1-2-5-14(6-3-1)13-15-7-9-16(10-8-15)18-12-4-11-17-18/h1-12H,13H2. The maximum Gasteiger partial charge on any atom is 0.0645 e. The van der Waals surface area contributed by atoms with Crippen LogP contribution in [-0.4, -0.2) is 9.78 Å². The van der Waals surface area contributed by atoms with Gasteiger partial charge in [-0.25, -0.2) is 4.68 Å². The summed E-state index contributed by atoms with van der Waals surface area (Å²) >= 11 is 0. The molecule has 0 fully saturated rings. The van der Waals surface area contributed by atoms with Crippen LogP contribution in [0.15, 0.2) is 73.1 Å². The van der Waals surface area contributed by atoms with Crippen molar-refractivity contribution < 1.29 is 0 Å². The van der Waals surface area contributed by atoms with Gasteiger partial charge in [-0.3, -0.25) is 0 Å². The van der Waals surface area contributed by atoms with E-state index in [9.17, 15) is 0 Å². The van der Waals surface area contributed by atoms with Gasteiger partial charge in [-0.2, -0.15) is 5.10 Å². The van der Waals surface area contributed by atoms with Crippen molar-refractivity contribution in [3.05, 3.63) is 84.2 Å². The first-order valence-electron chi connectivity index (χ1n) is 6.05. The van der Waals surface area contributed by atoms with Crippen molar-refractivity contribution in [2.24, 2.45) is 0 Å². The minimum Gasteiger partial charge on any atom is -0.241 e. The second-order valence-corrected chi connectivity index (χ2v) is 4.28. The summed E-state index contributed by atoms with van der Waals surface area (Å²) in [5.74, 6) is 0. The van der Waals surface area contributed by atoms with Gasteiger partial charge in [0.2, 0.25) is 0 Å². The number of benzene rings is 2. The molecule has 0 aliphatic carbocycles. The lowest BCUT2D eigenvalue weighted by Crippen LogP contribution is -1.94. The van der Waals surface area contributed by atoms with Crippen LogP contribution in [0, 0.1) is 0 Å². The van der Waals surface area contributed by atoms with Gasteiger partial charge >= 0.3 is 0 Å². The minimum atomic E-state index is 0.972. The van der Waals surface area contributed by atoms with Crippen molar-refractivity contribution in [2.75, 3.05) is 0 Å². The molecule has 88 valence electrons. The van der Waals surface area contributed by atoms with Gasteiger partial charge in [0.25, 0.3) is 0 Å². The molecule has 2 aromatic carbocycles. The number of nitrogens with zero attached hydrogens (tertiary/aromatic N) is 2. The molecule has 1 heterocycles. The van der Waals surface area contributed by atoms with Crippen LogP contribution in [0.3, 0.4) is 0 Å². The fourth-order valence-electron chi connectivity index (χ4n) is 2.02. The molecule has 0 unspecified atom stereocenters. The Labute approximate surface area is 107 Å². The third-order valence-electron chi connectivity index (χ3n) is 2.96. The summed E-state index contributed by atoms with van der Waals surface area (Å²) in [4.78, 5) is 0. The molecule has 2 nitrogen and oxygen atoms in total. The van der Waals surface area contributed by atoms with Crippen LogP contribution in [0.2, 0.25) is 0 Å². The third-order valence-corrected chi connectivity index (χ3v) is 2.96. The Kier molecular flexibility index (Phi) is 2.92. The van der Waals surface area contributed by atoms with Crippen LogP contribution in [-0.2, 0) is 6.42 Å². The molecule has 1 aromatic heterocycles. The van der Waals surface area contributed by atoms with E-state index in [1.54, 1.807) is 6.20 Å². The van der Waals surface area contributed by atoms with Crippen molar-refractivity contribution >= 4 is 0 Å². The second-order valence-electron chi connectivity index (χ2n) is 4.28. The normalized spacial score (nSPS) is 10.4. The first-order chi connectivity index (χ1) is 8.92. The largest absolute Gasteiger partial charge is 0.241 e. The van der Waals surface area contributed by atoms with Gasteiger partial charge in [0.05, 0.1) is 5.69 Å². The van der Waals surface area contributed by atoms with Crippen LogP contribution >= 0.6 is 0 Å². The molecule has 0 aliphatic rings. The SMILES string of the molecule is c1ccc(Cc2ccc(-n3cccn3)cc2)cc1. The highest BCUT2D eigenvalue weighted by atomic mass is 15.3. The molecule has 0 N–H and O–H groups in total. The first kappa shape index (κ1) is 10.8. The van der Waals surface area contributed by atoms with E-state index in [0.717, 1.165) is 12.1 Å². The molecule has 3 aromatic rings. The number of rotatable bonds is 3. The Morgan fingerprint density at radius 2 is 1.50 bits per heavy atom. The highest BCUT2D eigenvalue weighted by Crippen LogP contribution is 2.12. The molecule has 18 heavy (non-hydrogen) atoms. The van der Waals surface area contributed by atoms with E-state index >= 15 is 0 Å². The molecular formula is C16H14N2. The molecule has 0 aliphatic heterocycles. The Balaban J connectivity index is 1.80. The van der Waals surface area contributed by atoms with Gasteiger partial charge in [-0.05, 0) is 35.7 Å². The quantitative estimate of drug-likeness (QED) is 0.678. The van der Waals surface area contributed by atoms with Crippen molar-refractivity contribution in [3.63, 3.8) is 0 Å². The molecule has 0 spiro atoms. The lowest BCUT2D eigenvalue weighted by molar-refractivity contribution is 0.879. The van der Waals surface area contributed by atoms with Gasteiger partial charge in [-0.15, -0.1) is 0 Å². The fourth-order valence-corrected chi connectivity index (χ4v) is 2.02. The Bertz CT molecular complexity index is 595. The predicted octanol–water partition coefficient (Wildman–Crippen LogP) is 3.46. The molecular weight excluding hydrogens is 220 g/mol. The fraction of sp³-hybridized carbons (Fsp3) is 0.0625. The van der Waals surface area contributed by atoms with E-state index in [4.69, 9.17) is 0 Å². The Hall–Kier alpha value is -2.35. The summed E-state index contributed by atoms with van der Waals surface area (Å²) in [6, 6.07) is 21.0. The van der Waals surface area contributed by atoms with Crippen molar-refractivity contribution in [3.8, 4) is 5.69 Å². The first-order valence-corrected chi connectivity index (χ1v) is 6.05. The highest BCUT2D eigenvalue weighted by Gasteiger charge is 1.98. The van der Waals surface area contributed by atoms with E-state index in [1.165, 1.54) is 11.1 Å². The summed E-state index contributed by atoms with van der Waals surface area (Å²) in [6.45, 7) is 0. The molecule has 0 saturated heterocycles. The van der Waals surface area contributed by atoms with E-state index in [1.807, 2.05) is 23.0 Å². The van der Waals surface area contributed by atoms with E-state index in [0.29, 0.717) is 0 Å². The van der Waals surface area contributed by atoms with Crippen molar-refractivity contribution in [2.45, 2.75) is 6.42 Å². The lowest BCUT2D eigenvalue weighted by Gasteiger charge is -2.04. The molecule has 0 saturated carbocycles. The lowest BCUT2D eigenvalue weighted by atomic mass is 10.1. The molecule has 0 atom stereocenters. The van der Waals surface area contributed by atoms with Gasteiger partial charge in [0, 0.05) is 12.4 Å². The van der Waals surface area contributed by atoms with Crippen LogP contribution in [0.5, 0.6) is 0 Å². The summed E-state index contributed by atoms with van der Waals surface area (Å²) < 4.78 is 1.87. The number of hydrogen-bond acceptors (Lipinski definition) is 1. The topological polar surface area (TPSA) is 17.8 Å². The predicted molar refractivity (Wildman–Crippen MR) is 72.8 cm³/mol. The van der Waals surface area contributed by atoms with E-state index in [2.05, 4.69) is 53.6 Å². The molecule has 0 amide bonds. The van der Waals surface area contributed by atoms with Gasteiger partial charge in [-0.1, -0.05) is 42.5 Å². The smallest absolute Gasteiger partial charge is 0.0645 e. The molecule has 2 heteroatoms. The van der Waals surface area contributed by atoms with Gasteiger partial charge in [0.1, 0.15) is 0 Å². The van der Waals surface area contributed by atoms with Crippen LogP contribution in [0.1, 0.15) is 11.1 Å². The van der Waals surface area contributed by atoms with Crippen molar-refractivity contribution in [1.29, 1.82) is 0 Å². The highest BCUT2D eigenvalue weighted by molar-refractivity contribution is 5.35. The van der Waals surface area contributed by atoms with Gasteiger partial charge in [0.15, 0.2) is 0 Å². The minimum absolute atomic E-state index is 0.972. The third kappa shape index (κ3) is 2.33. The number of hydrogen-bond donors (Lipinski definition) is 0. The van der Waals surface area contributed by atoms with Crippen LogP contribution < -0.4 is 0 Å². The van der Waals surface area contributed by atoms with E-state index in [-0.39, 0.29) is 0 Å². The zero-order chi connectivity index (χ0) is 12.2. The second kappa shape index (κ2) is 4.88. The van der Waals surface area contributed by atoms with Crippen LogP contribution in [0.4, 0.5) is 0 Å². The zero-order valence-corrected chi connectivity index (χ0v) is 10.0. The summed E-state index contributed by atoms with van der Waals surface area (Å²) in [5, 5.41) is 4.22. The summed E-state index contributed by atoms with van der Waals surface area (Å²) in [6.07, 6.45) is 4.71. The molecule has 0 bridgehead atoms. The molecule has 3 rings (SSSR count). The zero-order valence-electron chi connectivity index (χ0n) is 10.0. The summed E-state index contributed by atoms with van der Waals surface area (Å²) in [5.41, 5.74) is 3.75. The number of aromatic nitrogens is 2.